The number of aromatic hydroxyl groups is 1. The molecule has 5 rings (SSSR count). The number of hydrogen-bond acceptors (Lipinski definition) is 5. The van der Waals surface area contributed by atoms with Gasteiger partial charge < -0.3 is 20.5 Å². The molecule has 0 fully saturated rings. The fourth-order valence-electron chi connectivity index (χ4n) is 6.70. The van der Waals surface area contributed by atoms with Crippen molar-refractivity contribution in [3.63, 3.8) is 0 Å². The van der Waals surface area contributed by atoms with Gasteiger partial charge in [0.25, 0.3) is 0 Å². The number of ether oxygens (including phenoxy) is 1. The van der Waals surface area contributed by atoms with Gasteiger partial charge in [0.05, 0.1) is 5.56 Å². The summed E-state index contributed by atoms with van der Waals surface area (Å²) in [6.07, 6.45) is 5.98. The summed E-state index contributed by atoms with van der Waals surface area (Å²) in [4.78, 5) is 13.9. The van der Waals surface area contributed by atoms with E-state index in [1.165, 1.54) is 16.7 Å². The number of carbonyl (C=O) groups is 1. The maximum atomic E-state index is 13.9. The second-order valence-electron chi connectivity index (χ2n) is 10.5. The van der Waals surface area contributed by atoms with Crippen molar-refractivity contribution >= 4 is 5.78 Å². The molecule has 3 aliphatic carbocycles. The number of fused-ring (bicyclic) bond motifs is 2. The Kier molecular flexibility index (Phi) is 6.43. The number of carbonyl (C=O) groups excluding carboxylic acids is 1. The van der Waals surface area contributed by atoms with E-state index in [-0.39, 0.29) is 23.4 Å². The van der Waals surface area contributed by atoms with Crippen LogP contribution in [-0.2, 0) is 17.7 Å². The van der Waals surface area contributed by atoms with Crippen LogP contribution in [-0.4, -0.2) is 31.0 Å². The largest absolute Gasteiger partial charge is 0.507 e. The van der Waals surface area contributed by atoms with Gasteiger partial charge in [-0.3, -0.25) is 4.79 Å². The molecule has 0 spiro atoms. The molecule has 3 atom stereocenters. The highest BCUT2D eigenvalue weighted by atomic mass is 16.5. The van der Waals surface area contributed by atoms with Crippen LogP contribution in [0.2, 0.25) is 0 Å². The van der Waals surface area contributed by atoms with E-state index in [2.05, 4.69) is 31.4 Å². The Hall–Kier alpha value is -2.37. The molecule has 3 unspecified atom stereocenters. The third-order valence-electron chi connectivity index (χ3n) is 8.45. The Balaban J connectivity index is 1.47. The fourth-order valence-corrected chi connectivity index (χ4v) is 6.70. The zero-order chi connectivity index (χ0) is 24.0. The Morgan fingerprint density at radius 3 is 2.68 bits per heavy atom. The number of unbranched alkanes of at least 4 members (excludes halogenated alkanes) is 1. The molecule has 1 aromatic carbocycles. The standard InChI is InChI=1S/C29H38N2O3/c1-5-23-24-17(3)16(2)12-19-13-20-14-21-18(15-31-11-7-6-10-30-4)8-9-22(32)27(21)28(33)26(20)29(34-23)25(19)24/h8-9,19-20,25,30-32H,5-7,10-15H2,1-4H3. The fraction of sp³-hybridized carbons (Fsp3) is 0.552. The number of hydrogen-bond donors (Lipinski definition) is 3. The molecule has 5 heteroatoms. The van der Waals surface area contributed by atoms with Gasteiger partial charge >= 0.3 is 0 Å². The molecule has 1 aliphatic heterocycles. The van der Waals surface area contributed by atoms with E-state index in [0.29, 0.717) is 11.5 Å². The summed E-state index contributed by atoms with van der Waals surface area (Å²) in [5.41, 5.74) is 7.63. The number of nitrogens with one attached hydrogen (secondary N) is 2. The summed E-state index contributed by atoms with van der Waals surface area (Å²) < 4.78 is 6.49. The number of phenols is 1. The van der Waals surface area contributed by atoms with Crippen molar-refractivity contribution in [2.45, 2.75) is 65.8 Å². The summed E-state index contributed by atoms with van der Waals surface area (Å²) in [6, 6.07) is 3.68. The summed E-state index contributed by atoms with van der Waals surface area (Å²) in [6.45, 7) is 9.30. The molecule has 0 amide bonds. The van der Waals surface area contributed by atoms with E-state index in [9.17, 15) is 9.90 Å². The maximum Gasteiger partial charge on any atom is 0.196 e. The SMILES string of the molecule is CCC1=C2C(C)=C(C)CC3CC4Cc5c(CNCCCCNC)ccc(O)c5C(=O)C4=C(O1)C23. The van der Waals surface area contributed by atoms with Gasteiger partial charge in [0.15, 0.2) is 5.78 Å². The lowest BCUT2D eigenvalue weighted by atomic mass is 9.61. The number of rotatable bonds is 8. The van der Waals surface area contributed by atoms with Gasteiger partial charge in [-0.05, 0) is 101 Å². The van der Waals surface area contributed by atoms with E-state index in [1.807, 2.05) is 13.1 Å². The van der Waals surface area contributed by atoms with Gasteiger partial charge in [-0.15, -0.1) is 0 Å². The number of benzene rings is 1. The van der Waals surface area contributed by atoms with E-state index in [1.54, 1.807) is 6.07 Å². The summed E-state index contributed by atoms with van der Waals surface area (Å²) in [5.74, 6) is 2.87. The molecular formula is C29H38N2O3. The van der Waals surface area contributed by atoms with Crippen molar-refractivity contribution in [1.29, 1.82) is 0 Å². The van der Waals surface area contributed by atoms with Crippen LogP contribution in [0.1, 0.15) is 74.4 Å². The Bertz CT molecular complexity index is 1110. The van der Waals surface area contributed by atoms with Gasteiger partial charge in [-0.1, -0.05) is 18.6 Å². The molecule has 182 valence electrons. The minimum absolute atomic E-state index is 0.0197. The van der Waals surface area contributed by atoms with Crippen molar-refractivity contribution in [1.82, 2.24) is 10.6 Å². The smallest absolute Gasteiger partial charge is 0.196 e. The molecule has 1 aromatic rings. The number of Topliss-reactive ketones (excluding diaryl/α,β-unsaturated/α-hetero) is 1. The van der Waals surface area contributed by atoms with E-state index >= 15 is 0 Å². The molecule has 0 saturated carbocycles. The van der Waals surface area contributed by atoms with Crippen molar-refractivity contribution in [3.8, 4) is 5.75 Å². The molecule has 0 aromatic heterocycles. The Morgan fingerprint density at radius 2 is 1.91 bits per heavy atom. The molecular weight excluding hydrogens is 424 g/mol. The summed E-state index contributed by atoms with van der Waals surface area (Å²) >= 11 is 0. The lowest BCUT2D eigenvalue weighted by molar-refractivity contribution is 0.0973. The highest BCUT2D eigenvalue weighted by Crippen LogP contribution is 2.57. The predicted octanol–water partition coefficient (Wildman–Crippen LogP) is 5.16. The molecule has 1 heterocycles. The minimum atomic E-state index is -0.0197. The summed E-state index contributed by atoms with van der Waals surface area (Å²) in [5, 5.41) is 17.5. The van der Waals surface area contributed by atoms with E-state index in [0.717, 1.165) is 86.4 Å². The molecule has 0 saturated heterocycles. The monoisotopic (exact) mass is 462 g/mol. The van der Waals surface area contributed by atoms with Gasteiger partial charge in [-0.25, -0.2) is 0 Å². The van der Waals surface area contributed by atoms with Crippen LogP contribution in [0, 0.1) is 17.8 Å². The zero-order valence-corrected chi connectivity index (χ0v) is 21.0. The molecule has 34 heavy (non-hydrogen) atoms. The first-order valence-corrected chi connectivity index (χ1v) is 13.0. The third kappa shape index (κ3) is 3.74. The van der Waals surface area contributed by atoms with Crippen molar-refractivity contribution in [2.75, 3.05) is 20.1 Å². The van der Waals surface area contributed by atoms with E-state index in [4.69, 9.17) is 4.74 Å². The van der Waals surface area contributed by atoms with Crippen LogP contribution < -0.4 is 10.6 Å². The van der Waals surface area contributed by atoms with Crippen LogP contribution in [0.15, 0.2) is 45.9 Å². The predicted molar refractivity (Wildman–Crippen MR) is 135 cm³/mol. The summed E-state index contributed by atoms with van der Waals surface area (Å²) in [7, 11) is 1.98. The molecule has 4 aliphatic rings. The first-order valence-electron chi connectivity index (χ1n) is 13.0. The van der Waals surface area contributed by atoms with Gasteiger partial charge in [0.2, 0.25) is 0 Å². The second-order valence-corrected chi connectivity index (χ2v) is 10.5. The lowest BCUT2D eigenvalue weighted by Gasteiger charge is -2.41. The minimum Gasteiger partial charge on any atom is -0.507 e. The van der Waals surface area contributed by atoms with Gasteiger partial charge in [0.1, 0.15) is 17.3 Å². The molecule has 5 nitrogen and oxygen atoms in total. The van der Waals surface area contributed by atoms with Crippen molar-refractivity contribution in [2.24, 2.45) is 17.8 Å². The van der Waals surface area contributed by atoms with E-state index < -0.39 is 0 Å². The van der Waals surface area contributed by atoms with Crippen LogP contribution in [0.3, 0.4) is 0 Å². The van der Waals surface area contributed by atoms with Gasteiger partial charge in [-0.2, -0.15) is 0 Å². The topological polar surface area (TPSA) is 70.6 Å². The number of allylic oxidation sites excluding steroid dienone is 5. The highest BCUT2D eigenvalue weighted by molar-refractivity contribution is 6.13. The quantitative estimate of drug-likeness (QED) is 0.466. The van der Waals surface area contributed by atoms with Crippen molar-refractivity contribution in [3.05, 3.63) is 62.6 Å². The maximum absolute atomic E-state index is 13.9. The average molecular weight is 463 g/mol. The van der Waals surface area contributed by atoms with Crippen LogP contribution >= 0.6 is 0 Å². The second kappa shape index (κ2) is 9.35. The Labute approximate surface area is 203 Å². The lowest BCUT2D eigenvalue weighted by Crippen LogP contribution is -2.37. The third-order valence-corrected chi connectivity index (χ3v) is 8.45. The average Bonchev–Trinajstić information content (AvgIpc) is 3.21. The molecule has 0 bridgehead atoms. The van der Waals surface area contributed by atoms with Crippen molar-refractivity contribution < 1.29 is 14.6 Å². The van der Waals surface area contributed by atoms with Crippen LogP contribution in [0.4, 0.5) is 0 Å². The normalized spacial score (nSPS) is 25.4. The molecule has 0 radical (unpaired) electrons. The molecule has 3 N–H and O–H groups in total. The first kappa shape index (κ1) is 23.4. The first-order chi connectivity index (χ1) is 16.5. The highest BCUT2D eigenvalue weighted by Gasteiger charge is 2.51. The van der Waals surface area contributed by atoms with Crippen LogP contribution in [0.5, 0.6) is 5.75 Å². The Morgan fingerprint density at radius 1 is 1.12 bits per heavy atom. The van der Waals surface area contributed by atoms with Gasteiger partial charge in [0, 0.05) is 30.0 Å². The van der Waals surface area contributed by atoms with Crippen LogP contribution in [0.25, 0.3) is 0 Å². The number of phenolic OH excluding ortho intramolecular Hbond substituents is 1. The zero-order valence-electron chi connectivity index (χ0n) is 21.0. The number of ketones is 1.